The molecule has 0 spiro atoms. The lowest BCUT2D eigenvalue weighted by Crippen LogP contribution is -2.23. The quantitative estimate of drug-likeness (QED) is 0.576. The number of fused-ring (bicyclic) bond motifs is 1. The molecule has 60 valence electrons. The summed E-state index contributed by atoms with van der Waals surface area (Å²) < 4.78 is 0. The fraction of sp³-hybridized carbons (Fsp3) is 0.100. The molecular formula is C10H9NO. The second kappa shape index (κ2) is 2.21. The molecule has 2 nitrogen and oxygen atoms in total. The highest BCUT2D eigenvalue weighted by atomic mass is 16.1. The minimum atomic E-state index is -0.0129. The first-order valence-electron chi connectivity index (χ1n) is 3.80. The Balaban J connectivity index is 2.97. The first-order valence-corrected chi connectivity index (χ1v) is 3.80. The van der Waals surface area contributed by atoms with Crippen molar-refractivity contribution >= 4 is 23.7 Å². The number of nitrogens with one attached hydrogen (secondary N) is 1. The molecule has 1 amide bonds. The summed E-state index contributed by atoms with van der Waals surface area (Å²) in [6, 6.07) is 5.68. The number of amides is 1. The Morgan fingerprint density at radius 2 is 2.17 bits per heavy atom. The minimum Gasteiger partial charge on any atom is -0.322 e. The lowest BCUT2D eigenvalue weighted by Gasteiger charge is -1.93. The molecule has 0 fully saturated rings. The van der Waals surface area contributed by atoms with Crippen molar-refractivity contribution in [1.82, 2.24) is 0 Å². The highest BCUT2D eigenvalue weighted by Crippen LogP contribution is 2.08. The second-order valence-electron chi connectivity index (χ2n) is 2.92. The fourth-order valence-corrected chi connectivity index (χ4v) is 1.48. The zero-order valence-electron chi connectivity index (χ0n) is 6.85. The van der Waals surface area contributed by atoms with Gasteiger partial charge in [0.25, 0.3) is 5.91 Å². The molecule has 12 heavy (non-hydrogen) atoms. The second-order valence-corrected chi connectivity index (χ2v) is 2.92. The van der Waals surface area contributed by atoms with Gasteiger partial charge in [0.2, 0.25) is 0 Å². The molecule has 0 unspecified atom stereocenters. The van der Waals surface area contributed by atoms with Gasteiger partial charge >= 0.3 is 0 Å². The summed E-state index contributed by atoms with van der Waals surface area (Å²) in [5.41, 5.74) is 1.64. The van der Waals surface area contributed by atoms with Gasteiger partial charge in [-0.2, -0.15) is 0 Å². The van der Waals surface area contributed by atoms with Crippen LogP contribution in [0.25, 0.3) is 12.2 Å². The largest absolute Gasteiger partial charge is 0.322 e. The molecule has 1 aromatic carbocycles. The number of anilines is 1. The Labute approximate surface area is 70.2 Å². The number of hydrogen-bond donors (Lipinski definition) is 1. The van der Waals surface area contributed by atoms with Crippen LogP contribution in [0.5, 0.6) is 0 Å². The van der Waals surface area contributed by atoms with E-state index in [1.165, 1.54) is 0 Å². The van der Waals surface area contributed by atoms with Gasteiger partial charge < -0.3 is 5.32 Å². The summed E-state index contributed by atoms with van der Waals surface area (Å²) in [6.07, 6.45) is 0. The van der Waals surface area contributed by atoms with E-state index in [0.717, 1.165) is 21.7 Å². The maximum atomic E-state index is 11.2. The Morgan fingerprint density at radius 1 is 1.42 bits per heavy atom. The van der Waals surface area contributed by atoms with Gasteiger partial charge in [0, 0.05) is 16.5 Å². The Bertz CT molecular complexity index is 459. The van der Waals surface area contributed by atoms with Crippen molar-refractivity contribution in [2.24, 2.45) is 0 Å². The van der Waals surface area contributed by atoms with E-state index < -0.39 is 0 Å². The lowest BCUT2D eigenvalue weighted by atomic mass is 10.2. The van der Waals surface area contributed by atoms with Crippen LogP contribution in [-0.2, 0) is 4.79 Å². The Kier molecular flexibility index (Phi) is 1.30. The number of carbonyl (C=O) groups is 1. The topological polar surface area (TPSA) is 29.1 Å². The van der Waals surface area contributed by atoms with Crippen LogP contribution in [0.2, 0.25) is 0 Å². The third-order valence-corrected chi connectivity index (χ3v) is 2.11. The average Bonchev–Trinajstić information content (AvgIpc) is 2.29. The van der Waals surface area contributed by atoms with Gasteiger partial charge in [-0.05, 0) is 18.2 Å². The number of rotatable bonds is 0. The SMILES string of the molecule is C=c1cccc2c1=C(C)C(=O)N2. The van der Waals surface area contributed by atoms with E-state index in [1.54, 1.807) is 0 Å². The first-order chi connectivity index (χ1) is 5.70. The lowest BCUT2D eigenvalue weighted by molar-refractivity contribution is -0.111. The molecule has 1 aromatic rings. The summed E-state index contributed by atoms with van der Waals surface area (Å²) in [5.74, 6) is -0.0129. The van der Waals surface area contributed by atoms with Crippen molar-refractivity contribution in [2.45, 2.75) is 6.92 Å². The third-order valence-electron chi connectivity index (χ3n) is 2.11. The molecule has 0 saturated heterocycles. The van der Waals surface area contributed by atoms with Gasteiger partial charge in [-0.3, -0.25) is 4.79 Å². The van der Waals surface area contributed by atoms with Crippen LogP contribution in [0, 0.1) is 0 Å². The van der Waals surface area contributed by atoms with E-state index in [9.17, 15) is 4.79 Å². The minimum absolute atomic E-state index is 0.0129. The fourth-order valence-electron chi connectivity index (χ4n) is 1.48. The van der Waals surface area contributed by atoms with Gasteiger partial charge in [-0.25, -0.2) is 0 Å². The summed E-state index contributed by atoms with van der Waals surface area (Å²) in [6.45, 7) is 5.68. The molecule has 1 heterocycles. The molecule has 1 N–H and O–H groups in total. The predicted octanol–water partition coefficient (Wildman–Crippen LogP) is 0.220. The molecular weight excluding hydrogens is 150 g/mol. The van der Waals surface area contributed by atoms with Crippen molar-refractivity contribution in [1.29, 1.82) is 0 Å². The van der Waals surface area contributed by atoms with Gasteiger partial charge in [0.05, 0.1) is 0 Å². The molecule has 0 aliphatic carbocycles. The number of hydrogen-bond acceptors (Lipinski definition) is 1. The first kappa shape index (κ1) is 7.10. The molecule has 1 aliphatic heterocycles. The van der Waals surface area contributed by atoms with Crippen molar-refractivity contribution in [3.05, 3.63) is 28.6 Å². The third kappa shape index (κ3) is 0.780. The molecule has 0 radical (unpaired) electrons. The van der Waals surface area contributed by atoms with Crippen LogP contribution in [0.3, 0.4) is 0 Å². The smallest absolute Gasteiger partial charge is 0.252 e. The predicted molar refractivity (Wildman–Crippen MR) is 48.9 cm³/mol. The summed E-state index contributed by atoms with van der Waals surface area (Å²) in [5, 5.41) is 4.64. The van der Waals surface area contributed by atoms with Crippen molar-refractivity contribution in [3.8, 4) is 0 Å². The summed E-state index contributed by atoms with van der Waals surface area (Å²) in [4.78, 5) is 11.2. The van der Waals surface area contributed by atoms with Crippen molar-refractivity contribution in [2.75, 3.05) is 5.32 Å². The van der Waals surface area contributed by atoms with E-state index in [-0.39, 0.29) is 5.91 Å². The summed E-state index contributed by atoms with van der Waals surface area (Å²) >= 11 is 0. The van der Waals surface area contributed by atoms with Gasteiger partial charge in [0.1, 0.15) is 0 Å². The van der Waals surface area contributed by atoms with Gasteiger partial charge in [-0.1, -0.05) is 18.7 Å². The maximum Gasteiger partial charge on any atom is 0.252 e. The zero-order valence-corrected chi connectivity index (χ0v) is 6.85. The standard InChI is InChI=1S/C10H9NO/c1-6-4-3-5-8-9(6)7(2)10(12)11-8/h3-5H,1H2,2H3,(H,11,12). The molecule has 0 aromatic heterocycles. The molecule has 0 saturated carbocycles. The van der Waals surface area contributed by atoms with E-state index in [4.69, 9.17) is 0 Å². The monoisotopic (exact) mass is 159 g/mol. The molecule has 1 aliphatic rings. The number of benzene rings is 1. The molecule has 2 rings (SSSR count). The van der Waals surface area contributed by atoms with Crippen LogP contribution < -0.4 is 15.8 Å². The van der Waals surface area contributed by atoms with E-state index in [0.29, 0.717) is 0 Å². The van der Waals surface area contributed by atoms with Gasteiger partial charge in [-0.15, -0.1) is 0 Å². The van der Waals surface area contributed by atoms with E-state index in [1.807, 2.05) is 25.1 Å². The zero-order chi connectivity index (χ0) is 8.72. The molecule has 2 heteroatoms. The van der Waals surface area contributed by atoms with Crippen molar-refractivity contribution < 1.29 is 4.79 Å². The Morgan fingerprint density at radius 3 is 2.83 bits per heavy atom. The molecule has 0 atom stereocenters. The van der Waals surface area contributed by atoms with Crippen LogP contribution in [0.4, 0.5) is 5.69 Å². The van der Waals surface area contributed by atoms with Crippen LogP contribution in [0.15, 0.2) is 18.2 Å². The highest BCUT2D eigenvalue weighted by Gasteiger charge is 2.15. The molecule has 0 bridgehead atoms. The number of carbonyl (C=O) groups excluding carboxylic acids is 1. The Hall–Kier alpha value is -1.57. The highest BCUT2D eigenvalue weighted by molar-refractivity contribution is 6.23. The van der Waals surface area contributed by atoms with Gasteiger partial charge in [0.15, 0.2) is 0 Å². The van der Waals surface area contributed by atoms with Crippen LogP contribution in [-0.4, -0.2) is 5.91 Å². The normalized spacial score (nSPS) is 14.4. The van der Waals surface area contributed by atoms with E-state index in [2.05, 4.69) is 11.9 Å². The summed E-state index contributed by atoms with van der Waals surface area (Å²) in [7, 11) is 0. The average molecular weight is 159 g/mol. The van der Waals surface area contributed by atoms with Crippen molar-refractivity contribution in [3.63, 3.8) is 0 Å². The van der Waals surface area contributed by atoms with E-state index >= 15 is 0 Å². The van der Waals surface area contributed by atoms with Crippen LogP contribution in [0.1, 0.15) is 6.92 Å². The van der Waals surface area contributed by atoms with Crippen LogP contribution >= 0.6 is 0 Å². The maximum absolute atomic E-state index is 11.2.